The molecule has 8 heteroatoms. The van der Waals surface area contributed by atoms with Crippen molar-refractivity contribution in [3.8, 4) is 11.9 Å². The lowest BCUT2D eigenvalue weighted by molar-refractivity contribution is 0.0498. The van der Waals surface area contributed by atoms with Crippen molar-refractivity contribution in [3.63, 3.8) is 0 Å². The van der Waals surface area contributed by atoms with Crippen LogP contribution in [0.25, 0.3) is 0 Å². The van der Waals surface area contributed by atoms with E-state index in [0.29, 0.717) is 19.6 Å². The van der Waals surface area contributed by atoms with Gasteiger partial charge in [-0.2, -0.15) is 5.26 Å². The van der Waals surface area contributed by atoms with Crippen LogP contribution in [0.1, 0.15) is 202 Å². The maximum Gasteiger partial charge on any atom is 0.340 e. The Morgan fingerprint density at radius 3 is 1.62 bits per heavy atom. The van der Waals surface area contributed by atoms with Gasteiger partial charge in [-0.1, -0.05) is 180 Å². The van der Waals surface area contributed by atoms with Gasteiger partial charge in [-0.15, -0.1) is 10.2 Å². The summed E-state index contributed by atoms with van der Waals surface area (Å²) < 4.78 is 6.80. The fourth-order valence-electron chi connectivity index (χ4n) is 6.75. The van der Waals surface area contributed by atoms with Crippen molar-refractivity contribution >= 4 is 17.3 Å². The molecule has 2 rings (SSSR count). The van der Waals surface area contributed by atoms with Gasteiger partial charge in [0.1, 0.15) is 17.3 Å². The molecule has 1 aromatic heterocycles. The fraction of sp³-hybridized carbons (Fsp3) is 0.705. The highest BCUT2D eigenvalue weighted by molar-refractivity contribution is 5.94. The summed E-state index contributed by atoms with van der Waals surface area (Å²) in [5, 5.41) is 29.0. The molecule has 0 unspecified atom stereocenters. The van der Waals surface area contributed by atoms with Crippen molar-refractivity contribution < 1.29 is 14.6 Å². The van der Waals surface area contributed by atoms with Gasteiger partial charge in [0.25, 0.3) is 5.56 Å². The monoisotopic (exact) mass is 719 g/mol. The lowest BCUT2D eigenvalue weighted by atomic mass is 10.0. The van der Waals surface area contributed by atoms with Gasteiger partial charge in [0.15, 0.2) is 5.69 Å². The van der Waals surface area contributed by atoms with Crippen LogP contribution in [0, 0.1) is 18.3 Å². The number of carbonyl (C=O) groups excluding carboxylic acids is 1. The Labute approximate surface area is 315 Å². The predicted molar refractivity (Wildman–Crippen MR) is 214 cm³/mol. The second-order valence-electron chi connectivity index (χ2n) is 14.6. The maximum atomic E-state index is 13.4. The molecule has 0 saturated heterocycles. The molecule has 0 atom stereocenters. The minimum atomic E-state index is -0.503. The first-order chi connectivity index (χ1) is 25.5. The summed E-state index contributed by atoms with van der Waals surface area (Å²) in [5.41, 5.74) is 0.301. The number of unbranched alkanes of at least 4 members (excludes halogenated alkanes) is 24. The molecule has 1 aromatic carbocycles. The summed E-state index contributed by atoms with van der Waals surface area (Å²) in [4.78, 5) is 26.4. The van der Waals surface area contributed by atoms with E-state index < -0.39 is 11.5 Å². The molecule has 290 valence electrons. The number of hydrogen-bond acceptors (Lipinski definition) is 7. The van der Waals surface area contributed by atoms with Gasteiger partial charge in [0, 0.05) is 12.1 Å². The van der Waals surface area contributed by atoms with Gasteiger partial charge in [0.05, 0.1) is 12.2 Å². The maximum absolute atomic E-state index is 13.4. The largest absolute Gasteiger partial charge is 0.493 e. The van der Waals surface area contributed by atoms with Gasteiger partial charge in [0.2, 0.25) is 5.88 Å². The molecule has 0 aliphatic rings. The summed E-state index contributed by atoms with van der Waals surface area (Å²) in [7, 11) is 0. The number of aromatic nitrogens is 1. The smallest absolute Gasteiger partial charge is 0.340 e. The lowest BCUT2D eigenvalue weighted by Gasteiger charge is -2.13. The normalized spacial score (nSPS) is 11.3. The molecular formula is C44H70N4O4. The molecule has 0 amide bonds. The number of benzene rings is 1. The molecule has 0 saturated carbocycles. The first-order valence-electron chi connectivity index (χ1n) is 21.0. The van der Waals surface area contributed by atoms with Crippen molar-refractivity contribution in [2.24, 2.45) is 10.2 Å². The third kappa shape index (κ3) is 17.8. The van der Waals surface area contributed by atoms with Gasteiger partial charge in [-0.05, 0) is 31.9 Å². The van der Waals surface area contributed by atoms with E-state index in [4.69, 9.17) is 4.74 Å². The molecule has 0 spiro atoms. The van der Waals surface area contributed by atoms with Crippen molar-refractivity contribution in [3.05, 3.63) is 51.3 Å². The quantitative estimate of drug-likeness (QED) is 0.0473. The van der Waals surface area contributed by atoms with Crippen LogP contribution in [0.5, 0.6) is 5.88 Å². The van der Waals surface area contributed by atoms with E-state index in [1.165, 1.54) is 127 Å². The highest BCUT2D eigenvalue weighted by atomic mass is 16.5. The zero-order valence-electron chi connectivity index (χ0n) is 33.1. The Kier molecular flexibility index (Phi) is 25.0. The van der Waals surface area contributed by atoms with Crippen molar-refractivity contribution in [2.45, 2.75) is 194 Å². The zero-order valence-corrected chi connectivity index (χ0v) is 33.1. The van der Waals surface area contributed by atoms with Crippen LogP contribution in [0.4, 0.5) is 11.4 Å². The van der Waals surface area contributed by atoms with Crippen LogP contribution >= 0.6 is 0 Å². The predicted octanol–water partition coefficient (Wildman–Crippen LogP) is 13.5. The molecule has 0 bridgehead atoms. The Balaban J connectivity index is 1.78. The van der Waals surface area contributed by atoms with Gasteiger partial charge in [-0.3, -0.25) is 9.36 Å². The van der Waals surface area contributed by atoms with E-state index in [1.807, 2.05) is 6.07 Å². The Bertz CT molecular complexity index is 1390. The molecule has 1 N–H and O–H groups in total. The number of hydrogen-bond donors (Lipinski definition) is 1. The summed E-state index contributed by atoms with van der Waals surface area (Å²) in [6.45, 7) is 6.71. The minimum absolute atomic E-state index is 0.00660. The molecule has 0 fully saturated rings. The molecule has 0 aliphatic heterocycles. The van der Waals surface area contributed by atoms with Crippen molar-refractivity contribution in [1.82, 2.24) is 4.57 Å². The second kappa shape index (κ2) is 29.0. The highest BCUT2D eigenvalue weighted by Gasteiger charge is 2.20. The standard InChI is InChI=1S/C44H70N4O4/c1-4-6-8-10-12-14-16-17-18-19-20-21-23-25-27-31-35-52-44(51)38-32-28-29-33-40(38)46-47-41-37(3)39(36-45)42(49)48(43(41)50)34-30-26-24-22-15-13-11-9-7-5-2/h28-29,32-33,49H,4-27,30-31,34-35H2,1-3H3. The number of nitriles is 1. The fourth-order valence-corrected chi connectivity index (χ4v) is 6.75. The number of azo groups is 1. The third-order valence-electron chi connectivity index (χ3n) is 10.1. The van der Waals surface area contributed by atoms with Gasteiger partial charge in [-0.25, -0.2) is 4.79 Å². The molecular weight excluding hydrogens is 649 g/mol. The number of nitrogens with zero attached hydrogens (tertiary/aromatic N) is 4. The number of carbonyl (C=O) groups is 1. The number of esters is 1. The molecule has 8 nitrogen and oxygen atoms in total. The molecule has 0 radical (unpaired) electrons. The summed E-state index contributed by atoms with van der Waals surface area (Å²) >= 11 is 0. The zero-order chi connectivity index (χ0) is 37.7. The van der Waals surface area contributed by atoms with Crippen LogP contribution in [0.15, 0.2) is 39.3 Å². The van der Waals surface area contributed by atoms with Crippen LogP contribution in [-0.4, -0.2) is 22.2 Å². The molecule has 2 aromatic rings. The summed E-state index contributed by atoms with van der Waals surface area (Å²) in [5.74, 6) is -0.813. The molecule has 0 aliphatic carbocycles. The Morgan fingerprint density at radius 1 is 0.692 bits per heavy atom. The third-order valence-corrected chi connectivity index (χ3v) is 10.1. The SMILES string of the molecule is CCCCCCCCCCCCCCCCCCOC(=O)c1ccccc1N=Nc1c(C)c(C#N)c(O)n(CCCCCCCCCCCC)c1=O. The highest BCUT2D eigenvalue weighted by Crippen LogP contribution is 2.28. The number of aromatic hydroxyl groups is 1. The van der Waals surface area contributed by atoms with Gasteiger partial charge < -0.3 is 9.84 Å². The van der Waals surface area contributed by atoms with Crippen LogP contribution in [-0.2, 0) is 11.3 Å². The average Bonchev–Trinajstić information content (AvgIpc) is 3.15. The molecule has 1 heterocycles. The topological polar surface area (TPSA) is 117 Å². The second-order valence-corrected chi connectivity index (χ2v) is 14.6. The van der Waals surface area contributed by atoms with E-state index in [-0.39, 0.29) is 33.9 Å². The van der Waals surface area contributed by atoms with E-state index in [9.17, 15) is 20.0 Å². The minimum Gasteiger partial charge on any atom is -0.493 e. The number of ether oxygens (including phenoxy) is 1. The Morgan fingerprint density at radius 2 is 1.13 bits per heavy atom. The van der Waals surface area contributed by atoms with Crippen LogP contribution < -0.4 is 5.56 Å². The average molecular weight is 719 g/mol. The van der Waals surface area contributed by atoms with E-state index in [0.717, 1.165) is 38.5 Å². The van der Waals surface area contributed by atoms with Crippen molar-refractivity contribution in [1.29, 1.82) is 5.26 Å². The van der Waals surface area contributed by atoms with Crippen molar-refractivity contribution in [2.75, 3.05) is 6.61 Å². The number of pyridine rings is 1. The first-order valence-corrected chi connectivity index (χ1v) is 21.0. The van der Waals surface area contributed by atoms with Gasteiger partial charge >= 0.3 is 5.97 Å². The summed E-state index contributed by atoms with van der Waals surface area (Å²) in [6.07, 6.45) is 32.1. The van der Waals surface area contributed by atoms with Crippen LogP contribution in [0.2, 0.25) is 0 Å². The molecule has 52 heavy (non-hydrogen) atoms. The lowest BCUT2D eigenvalue weighted by Crippen LogP contribution is -2.22. The van der Waals surface area contributed by atoms with E-state index in [2.05, 4.69) is 24.1 Å². The van der Waals surface area contributed by atoms with E-state index >= 15 is 0 Å². The Hall–Kier alpha value is -3.47. The van der Waals surface area contributed by atoms with Crippen LogP contribution in [0.3, 0.4) is 0 Å². The first kappa shape index (κ1) is 44.7. The summed E-state index contributed by atoms with van der Waals surface area (Å²) in [6, 6.07) is 8.79. The number of rotatable bonds is 31. The van der Waals surface area contributed by atoms with E-state index in [1.54, 1.807) is 31.2 Å².